The molecule has 5 nitrogen and oxygen atoms in total. The van der Waals surface area contributed by atoms with Gasteiger partial charge in [0.05, 0.1) is 6.61 Å². The number of carbonyl (C=O) groups excluding carboxylic acids is 1. The standard InChI is InChI=1S/C26H31ClFNO4/c1-3-31-25(26(30)32-4-2)17-19-5-8-22(9-6-19)33-16-15-29-13-11-20(12-14-29)23-10-7-21(27)18-24(23)28/h5-11,18,25H,3-4,12-17H2,1-2H3. The van der Waals surface area contributed by atoms with E-state index in [-0.39, 0.29) is 11.8 Å². The van der Waals surface area contributed by atoms with Crippen molar-refractivity contribution in [2.24, 2.45) is 0 Å². The van der Waals surface area contributed by atoms with Crippen molar-refractivity contribution in [3.05, 3.63) is 70.5 Å². The second kappa shape index (κ2) is 12.7. The Morgan fingerprint density at radius 3 is 2.58 bits per heavy atom. The first kappa shape index (κ1) is 25.2. The van der Waals surface area contributed by atoms with Gasteiger partial charge in [-0.3, -0.25) is 4.90 Å². The third kappa shape index (κ3) is 7.56. The Morgan fingerprint density at radius 1 is 1.15 bits per heavy atom. The number of ether oxygens (including phenoxy) is 3. The van der Waals surface area contributed by atoms with Gasteiger partial charge in [0.15, 0.2) is 6.10 Å². The van der Waals surface area contributed by atoms with Crippen LogP contribution in [0.15, 0.2) is 48.5 Å². The van der Waals surface area contributed by atoms with Crippen LogP contribution in [-0.4, -0.2) is 56.4 Å². The summed E-state index contributed by atoms with van der Waals surface area (Å²) in [6, 6.07) is 12.5. The Labute approximate surface area is 200 Å². The fourth-order valence-corrected chi connectivity index (χ4v) is 3.94. The van der Waals surface area contributed by atoms with Gasteiger partial charge >= 0.3 is 5.97 Å². The number of hydrogen-bond acceptors (Lipinski definition) is 5. The molecule has 7 heteroatoms. The van der Waals surface area contributed by atoms with Gasteiger partial charge in [-0.15, -0.1) is 0 Å². The zero-order valence-electron chi connectivity index (χ0n) is 19.2. The molecule has 0 N–H and O–H groups in total. The van der Waals surface area contributed by atoms with Gasteiger partial charge in [-0.05, 0) is 55.7 Å². The lowest BCUT2D eigenvalue weighted by molar-refractivity contribution is -0.156. The molecule has 178 valence electrons. The summed E-state index contributed by atoms with van der Waals surface area (Å²) in [5.41, 5.74) is 2.63. The summed E-state index contributed by atoms with van der Waals surface area (Å²) in [5.74, 6) is 0.167. The summed E-state index contributed by atoms with van der Waals surface area (Å²) in [7, 11) is 0. The Kier molecular flexibility index (Phi) is 9.73. The molecule has 0 amide bonds. The summed E-state index contributed by atoms with van der Waals surface area (Å²) >= 11 is 5.85. The predicted octanol–water partition coefficient (Wildman–Crippen LogP) is 5.16. The molecule has 1 aliphatic heterocycles. The SMILES string of the molecule is CCOC(=O)C(Cc1ccc(OCCN2CC=C(c3ccc(Cl)cc3F)CC2)cc1)OCC. The van der Waals surface area contributed by atoms with Crippen LogP contribution in [0.5, 0.6) is 5.75 Å². The minimum Gasteiger partial charge on any atom is -0.492 e. The molecule has 0 saturated carbocycles. The average molecular weight is 476 g/mol. The minimum atomic E-state index is -0.597. The van der Waals surface area contributed by atoms with E-state index in [0.29, 0.717) is 36.8 Å². The Morgan fingerprint density at radius 2 is 1.94 bits per heavy atom. The van der Waals surface area contributed by atoms with E-state index in [2.05, 4.69) is 11.0 Å². The molecule has 33 heavy (non-hydrogen) atoms. The normalized spacial score (nSPS) is 15.1. The fraction of sp³-hybridized carbons (Fsp3) is 0.423. The lowest BCUT2D eigenvalue weighted by Crippen LogP contribution is -2.32. The highest BCUT2D eigenvalue weighted by Crippen LogP contribution is 2.26. The third-order valence-electron chi connectivity index (χ3n) is 5.51. The van der Waals surface area contributed by atoms with Crippen LogP contribution in [0.3, 0.4) is 0 Å². The molecule has 0 spiro atoms. The van der Waals surface area contributed by atoms with E-state index in [1.54, 1.807) is 19.1 Å². The van der Waals surface area contributed by atoms with Gasteiger partial charge in [0, 0.05) is 43.2 Å². The van der Waals surface area contributed by atoms with Crippen LogP contribution in [0.2, 0.25) is 5.02 Å². The molecule has 3 rings (SSSR count). The zero-order chi connectivity index (χ0) is 23.6. The molecule has 0 bridgehead atoms. The zero-order valence-corrected chi connectivity index (χ0v) is 19.9. The van der Waals surface area contributed by atoms with E-state index >= 15 is 0 Å². The van der Waals surface area contributed by atoms with Gasteiger partial charge in [0.2, 0.25) is 0 Å². The Balaban J connectivity index is 1.44. The van der Waals surface area contributed by atoms with Crippen molar-refractivity contribution in [2.45, 2.75) is 32.8 Å². The van der Waals surface area contributed by atoms with Crippen LogP contribution in [0.25, 0.3) is 5.57 Å². The van der Waals surface area contributed by atoms with Gasteiger partial charge in [-0.1, -0.05) is 35.9 Å². The maximum Gasteiger partial charge on any atom is 0.335 e. The van der Waals surface area contributed by atoms with Crippen molar-refractivity contribution in [3.8, 4) is 5.75 Å². The highest BCUT2D eigenvalue weighted by Gasteiger charge is 2.20. The van der Waals surface area contributed by atoms with E-state index < -0.39 is 6.10 Å². The molecule has 2 aromatic rings. The fourth-order valence-electron chi connectivity index (χ4n) is 3.78. The lowest BCUT2D eigenvalue weighted by atomic mass is 9.99. The third-order valence-corrected chi connectivity index (χ3v) is 5.74. The highest BCUT2D eigenvalue weighted by molar-refractivity contribution is 6.30. The monoisotopic (exact) mass is 475 g/mol. The van der Waals surface area contributed by atoms with E-state index in [1.165, 1.54) is 6.07 Å². The van der Waals surface area contributed by atoms with Crippen molar-refractivity contribution in [3.63, 3.8) is 0 Å². The predicted molar refractivity (Wildman–Crippen MR) is 128 cm³/mol. The van der Waals surface area contributed by atoms with Crippen LogP contribution >= 0.6 is 11.6 Å². The van der Waals surface area contributed by atoms with Gasteiger partial charge in [-0.2, -0.15) is 0 Å². The maximum atomic E-state index is 14.1. The molecule has 1 unspecified atom stereocenters. The largest absolute Gasteiger partial charge is 0.492 e. The summed E-state index contributed by atoms with van der Waals surface area (Å²) < 4.78 is 30.6. The van der Waals surface area contributed by atoms with Crippen LogP contribution in [0, 0.1) is 5.82 Å². The van der Waals surface area contributed by atoms with Crippen LogP contribution in [0.1, 0.15) is 31.4 Å². The number of esters is 1. The molecule has 0 saturated heterocycles. The number of nitrogens with zero attached hydrogens (tertiary/aromatic N) is 1. The van der Waals surface area contributed by atoms with Crippen molar-refractivity contribution in [1.82, 2.24) is 4.90 Å². The molecule has 1 aliphatic rings. The molecule has 0 fully saturated rings. The van der Waals surface area contributed by atoms with E-state index in [1.807, 2.05) is 31.2 Å². The Hall–Kier alpha value is -2.41. The number of rotatable bonds is 11. The molecule has 0 aliphatic carbocycles. The number of hydrogen-bond donors (Lipinski definition) is 0. The summed E-state index contributed by atoms with van der Waals surface area (Å²) in [4.78, 5) is 14.3. The van der Waals surface area contributed by atoms with Crippen LogP contribution in [-0.2, 0) is 20.7 Å². The van der Waals surface area contributed by atoms with Gasteiger partial charge in [0.25, 0.3) is 0 Å². The molecule has 0 aromatic heterocycles. The number of benzene rings is 2. The molecule has 2 aromatic carbocycles. The second-order valence-electron chi connectivity index (χ2n) is 7.80. The lowest BCUT2D eigenvalue weighted by Gasteiger charge is -2.26. The first-order valence-corrected chi connectivity index (χ1v) is 11.7. The van der Waals surface area contributed by atoms with E-state index in [4.69, 9.17) is 25.8 Å². The first-order chi connectivity index (χ1) is 16.0. The van der Waals surface area contributed by atoms with Crippen molar-refractivity contribution < 1.29 is 23.4 Å². The smallest absolute Gasteiger partial charge is 0.335 e. The molecule has 0 radical (unpaired) electrons. The molecular formula is C26H31ClFNO4. The number of halogens is 2. The Bertz CT molecular complexity index is 948. The van der Waals surface area contributed by atoms with E-state index in [9.17, 15) is 9.18 Å². The van der Waals surface area contributed by atoms with Crippen molar-refractivity contribution in [2.75, 3.05) is 39.5 Å². The van der Waals surface area contributed by atoms with Crippen LogP contribution < -0.4 is 4.74 Å². The molecule has 1 atom stereocenters. The van der Waals surface area contributed by atoms with Crippen molar-refractivity contribution >= 4 is 23.1 Å². The van der Waals surface area contributed by atoms with Gasteiger partial charge in [0.1, 0.15) is 18.2 Å². The summed E-state index contributed by atoms with van der Waals surface area (Å²) in [5, 5.41) is 0.410. The van der Waals surface area contributed by atoms with Crippen LogP contribution in [0.4, 0.5) is 4.39 Å². The van der Waals surface area contributed by atoms with Gasteiger partial charge < -0.3 is 14.2 Å². The molecular weight excluding hydrogens is 445 g/mol. The maximum absolute atomic E-state index is 14.1. The van der Waals surface area contributed by atoms with Crippen molar-refractivity contribution in [1.29, 1.82) is 0 Å². The second-order valence-corrected chi connectivity index (χ2v) is 8.23. The quantitative estimate of drug-likeness (QED) is 0.420. The number of carbonyl (C=O) groups is 1. The summed E-state index contributed by atoms with van der Waals surface area (Å²) in [6.07, 6.45) is 2.72. The minimum absolute atomic E-state index is 0.274. The topological polar surface area (TPSA) is 48.0 Å². The first-order valence-electron chi connectivity index (χ1n) is 11.4. The van der Waals surface area contributed by atoms with Gasteiger partial charge in [-0.25, -0.2) is 9.18 Å². The average Bonchev–Trinajstić information content (AvgIpc) is 2.81. The highest BCUT2D eigenvalue weighted by atomic mass is 35.5. The van der Waals surface area contributed by atoms with E-state index in [0.717, 1.165) is 42.9 Å². The molecule has 1 heterocycles. The summed E-state index contributed by atoms with van der Waals surface area (Å²) in [6.45, 7) is 7.37.